The van der Waals surface area contributed by atoms with Gasteiger partial charge in [0.2, 0.25) is 0 Å². The average molecular weight is 537 g/mol. The molecule has 11 atom stereocenters. The largest absolute Gasteiger partial charge is 0.472 e. The molecule has 0 amide bonds. The predicted molar refractivity (Wildman–Crippen MR) is 128 cm³/mol. The van der Waals surface area contributed by atoms with E-state index in [9.17, 15) is 30.0 Å². The van der Waals surface area contributed by atoms with Crippen molar-refractivity contribution in [3.63, 3.8) is 0 Å². The van der Waals surface area contributed by atoms with Crippen LogP contribution in [0.3, 0.4) is 0 Å². The van der Waals surface area contributed by atoms with Crippen LogP contribution in [-0.4, -0.2) is 82.9 Å². The van der Waals surface area contributed by atoms with Gasteiger partial charge in [-0.2, -0.15) is 0 Å². The van der Waals surface area contributed by atoms with Gasteiger partial charge in [-0.05, 0) is 49.2 Å². The van der Waals surface area contributed by atoms with Crippen molar-refractivity contribution in [3.05, 3.63) is 35.8 Å². The van der Waals surface area contributed by atoms with Crippen molar-refractivity contribution < 1.29 is 53.4 Å². The molecule has 11 nitrogen and oxygen atoms in total. The molecule has 2 aliphatic carbocycles. The van der Waals surface area contributed by atoms with Crippen molar-refractivity contribution in [2.24, 2.45) is 22.7 Å². The summed E-state index contributed by atoms with van der Waals surface area (Å²) in [5, 5.41) is 40.5. The molecule has 0 spiro atoms. The number of hydrogen-bond donors (Lipinski definition) is 4. The Morgan fingerprint density at radius 1 is 1.18 bits per heavy atom. The first-order valence-electron chi connectivity index (χ1n) is 13.0. The van der Waals surface area contributed by atoms with Gasteiger partial charge in [0.05, 0.1) is 38.3 Å². The molecule has 1 saturated carbocycles. The maximum Gasteiger partial charge on any atom is 0.334 e. The van der Waals surface area contributed by atoms with Crippen LogP contribution in [0.5, 0.6) is 0 Å². The van der Waals surface area contributed by atoms with Crippen molar-refractivity contribution in [2.75, 3.05) is 13.7 Å². The molecule has 4 aliphatic rings. The molecule has 11 heteroatoms. The number of rotatable bonds is 5. The number of esters is 2. The Hall–Kier alpha value is -2.28. The van der Waals surface area contributed by atoms with E-state index < -0.39 is 66.3 Å². The van der Waals surface area contributed by atoms with E-state index in [1.807, 2.05) is 6.92 Å². The molecule has 2 aliphatic heterocycles. The molecule has 3 heterocycles. The van der Waals surface area contributed by atoms with Gasteiger partial charge in [-0.3, -0.25) is 4.79 Å². The lowest BCUT2D eigenvalue weighted by Crippen LogP contribution is -2.61. The molecule has 4 N–H and O–H groups in total. The van der Waals surface area contributed by atoms with E-state index in [-0.39, 0.29) is 17.8 Å². The van der Waals surface area contributed by atoms with Crippen molar-refractivity contribution >= 4 is 11.9 Å². The monoisotopic (exact) mass is 536 g/mol. The lowest BCUT2D eigenvalue weighted by atomic mass is 9.45. The smallest absolute Gasteiger partial charge is 0.334 e. The van der Waals surface area contributed by atoms with Crippen LogP contribution < -0.4 is 0 Å². The van der Waals surface area contributed by atoms with Gasteiger partial charge in [-0.15, -0.1) is 0 Å². The summed E-state index contributed by atoms with van der Waals surface area (Å²) in [4.78, 5) is 26.3. The van der Waals surface area contributed by atoms with Gasteiger partial charge in [-0.1, -0.05) is 13.8 Å². The number of fused-ring (bicyclic) bond motifs is 3. The summed E-state index contributed by atoms with van der Waals surface area (Å²) in [5.74, 6) is -1.39. The summed E-state index contributed by atoms with van der Waals surface area (Å²) >= 11 is 0. The highest BCUT2D eigenvalue weighted by Gasteiger charge is 2.62. The molecular formula is C27H36O11. The number of furan rings is 1. The predicted octanol–water partition coefficient (Wildman–Crippen LogP) is 0.995. The summed E-state index contributed by atoms with van der Waals surface area (Å²) < 4.78 is 27.9. The van der Waals surface area contributed by atoms with E-state index in [4.69, 9.17) is 23.4 Å². The Bertz CT molecular complexity index is 1070. The van der Waals surface area contributed by atoms with Crippen LogP contribution in [0.2, 0.25) is 0 Å². The molecule has 0 radical (unpaired) electrons. The van der Waals surface area contributed by atoms with Crippen LogP contribution in [0.25, 0.3) is 0 Å². The molecule has 210 valence electrons. The van der Waals surface area contributed by atoms with Crippen molar-refractivity contribution in [1.29, 1.82) is 0 Å². The lowest BCUT2D eigenvalue weighted by molar-refractivity contribution is -0.310. The van der Waals surface area contributed by atoms with E-state index in [0.717, 1.165) is 5.56 Å². The minimum atomic E-state index is -1.59. The second-order valence-corrected chi connectivity index (χ2v) is 11.4. The van der Waals surface area contributed by atoms with E-state index >= 15 is 0 Å². The number of carbonyl (C=O) groups excluding carboxylic acids is 2. The molecule has 0 unspecified atom stereocenters. The lowest BCUT2D eigenvalue weighted by Gasteiger charge is -2.60. The number of methoxy groups -OCH3 is 1. The zero-order valence-corrected chi connectivity index (χ0v) is 21.7. The number of hydrogen-bond acceptors (Lipinski definition) is 11. The third kappa shape index (κ3) is 4.29. The Balaban J connectivity index is 1.49. The topological polar surface area (TPSA) is 165 Å². The standard InChI is InChI=1S/C27H36O11/c1-26-6-4-15-24(33)37-17(13-5-7-35-12-13)10-27(15,2)19(26)9-14(8-16(26)23(32)34-3)36-25-22(31)21(30)20(29)18(11-28)38-25/h5,7-8,12,14-15,17-22,25,28-31H,4,6,9-11H2,1-3H3/t14-,15+,17-,18+,19+,20+,21-,22+,25+,26-,27+/m0/s1. The van der Waals surface area contributed by atoms with Crippen LogP contribution in [-0.2, 0) is 28.5 Å². The summed E-state index contributed by atoms with van der Waals surface area (Å²) in [6.45, 7) is 3.48. The quantitative estimate of drug-likeness (QED) is 0.397. The summed E-state index contributed by atoms with van der Waals surface area (Å²) in [5.41, 5.74) is -0.00992. The normalized spacial score (nSPS) is 44.9. The van der Waals surface area contributed by atoms with Crippen molar-refractivity contribution in [2.45, 2.75) is 82.4 Å². The number of aliphatic hydroxyl groups excluding tert-OH is 4. The molecular weight excluding hydrogens is 500 g/mol. The summed E-state index contributed by atoms with van der Waals surface area (Å²) in [6.07, 6.45) is -1.63. The first-order chi connectivity index (χ1) is 18.0. The van der Waals surface area contributed by atoms with Gasteiger partial charge in [0.25, 0.3) is 0 Å². The maximum atomic E-state index is 13.2. The van der Waals surface area contributed by atoms with Gasteiger partial charge >= 0.3 is 11.9 Å². The molecule has 0 bridgehead atoms. The van der Waals surface area contributed by atoms with Crippen molar-refractivity contribution in [3.8, 4) is 0 Å². The highest BCUT2D eigenvalue weighted by atomic mass is 16.7. The summed E-state index contributed by atoms with van der Waals surface area (Å²) in [6, 6.07) is 1.77. The van der Waals surface area contributed by atoms with Crippen LogP contribution in [0.1, 0.15) is 51.2 Å². The van der Waals surface area contributed by atoms with Gasteiger partial charge < -0.3 is 43.8 Å². The second kappa shape index (κ2) is 10.0. The van der Waals surface area contributed by atoms with Crippen LogP contribution in [0.15, 0.2) is 34.7 Å². The number of aliphatic hydroxyl groups is 4. The van der Waals surface area contributed by atoms with Crippen LogP contribution >= 0.6 is 0 Å². The highest BCUT2D eigenvalue weighted by molar-refractivity contribution is 5.90. The molecule has 3 fully saturated rings. The fourth-order valence-electron chi connectivity index (χ4n) is 7.28. The van der Waals surface area contributed by atoms with Crippen molar-refractivity contribution in [1.82, 2.24) is 0 Å². The molecule has 38 heavy (non-hydrogen) atoms. The van der Waals surface area contributed by atoms with E-state index in [2.05, 4.69) is 6.92 Å². The molecule has 5 rings (SSSR count). The Kier molecular flexibility index (Phi) is 7.21. The average Bonchev–Trinajstić information content (AvgIpc) is 3.43. The number of ether oxygens (including phenoxy) is 4. The molecule has 2 saturated heterocycles. The fraction of sp³-hybridized carbons (Fsp3) is 0.704. The Labute approximate surface area is 220 Å². The van der Waals surface area contributed by atoms with E-state index in [0.29, 0.717) is 31.3 Å². The third-order valence-electron chi connectivity index (χ3n) is 9.40. The van der Waals surface area contributed by atoms with E-state index in [1.54, 1.807) is 18.4 Å². The number of cyclic esters (lactones) is 1. The van der Waals surface area contributed by atoms with Gasteiger partial charge in [0.1, 0.15) is 30.5 Å². The van der Waals surface area contributed by atoms with Gasteiger partial charge in [0, 0.05) is 16.6 Å². The first-order valence-corrected chi connectivity index (χ1v) is 13.0. The van der Waals surface area contributed by atoms with Gasteiger partial charge in [-0.25, -0.2) is 4.79 Å². The minimum absolute atomic E-state index is 0.218. The van der Waals surface area contributed by atoms with Gasteiger partial charge in [0.15, 0.2) is 6.29 Å². The zero-order chi connectivity index (χ0) is 27.4. The second-order valence-electron chi connectivity index (χ2n) is 11.4. The SMILES string of the molecule is COC(=O)C1=C[C@H](O[C@@H]2O[C@H](CO)[C@@H](O)[C@H](O)[C@H]2O)C[C@H]2[C@]3(C)C[C@@H](c4ccoc4)OC(=O)[C@H]3CC[C@@]12C. The molecule has 1 aromatic heterocycles. The zero-order valence-electron chi connectivity index (χ0n) is 21.7. The Morgan fingerprint density at radius 3 is 2.61 bits per heavy atom. The third-order valence-corrected chi connectivity index (χ3v) is 9.40. The highest BCUT2D eigenvalue weighted by Crippen LogP contribution is 2.65. The van der Waals surface area contributed by atoms with E-state index in [1.165, 1.54) is 13.4 Å². The molecule has 1 aromatic rings. The Morgan fingerprint density at radius 2 is 1.95 bits per heavy atom. The maximum absolute atomic E-state index is 13.2. The number of carbonyl (C=O) groups is 2. The van der Waals surface area contributed by atoms with Crippen LogP contribution in [0, 0.1) is 22.7 Å². The first kappa shape index (κ1) is 27.3. The minimum Gasteiger partial charge on any atom is -0.472 e. The summed E-state index contributed by atoms with van der Waals surface area (Å²) in [7, 11) is 1.31. The van der Waals surface area contributed by atoms with Crippen LogP contribution in [0.4, 0.5) is 0 Å². The fourth-order valence-corrected chi connectivity index (χ4v) is 7.28. The molecule has 0 aromatic carbocycles.